The Labute approximate surface area is 181 Å². The maximum Gasteiger partial charge on any atom is 0.234 e. The van der Waals surface area contributed by atoms with Crippen molar-refractivity contribution in [3.05, 3.63) is 28.8 Å². The number of methoxy groups -OCH3 is 1. The van der Waals surface area contributed by atoms with Gasteiger partial charge in [-0.15, -0.1) is 0 Å². The summed E-state index contributed by atoms with van der Waals surface area (Å²) in [7, 11) is 3.72. The molecule has 0 radical (unpaired) electrons. The fourth-order valence-corrected chi connectivity index (χ4v) is 5.24. The lowest BCUT2D eigenvalue weighted by atomic mass is 9.79. The minimum atomic E-state index is 0.109. The number of benzene rings is 1. The van der Waals surface area contributed by atoms with Crippen molar-refractivity contribution in [3.8, 4) is 5.75 Å². The fraction of sp³-hybridized carbons (Fsp3) is 0.708. The van der Waals surface area contributed by atoms with Gasteiger partial charge in [-0.05, 0) is 50.4 Å². The molecule has 1 aromatic rings. The predicted molar refractivity (Wildman–Crippen MR) is 120 cm³/mol. The van der Waals surface area contributed by atoms with Gasteiger partial charge < -0.3 is 14.8 Å². The summed E-state index contributed by atoms with van der Waals surface area (Å²) >= 11 is 0. The standard InChI is InChI=1S/C24H39N3O3/c1-19-14-21(15-20(2)23(19)29-4)16-26(3)17-22(28)25-18-24(8-6-5-7-9-24)27-10-12-30-13-11-27/h14-15H,5-13,16-18H2,1-4H3,(H,25,28). The average Bonchev–Trinajstić information content (AvgIpc) is 2.73. The number of carbonyl (C=O) groups excluding carboxylic acids is 1. The number of hydrogen-bond acceptors (Lipinski definition) is 5. The number of morpholine rings is 1. The first-order valence-corrected chi connectivity index (χ1v) is 11.4. The van der Waals surface area contributed by atoms with E-state index >= 15 is 0 Å². The highest BCUT2D eigenvalue weighted by atomic mass is 16.5. The monoisotopic (exact) mass is 417 g/mol. The van der Waals surface area contributed by atoms with Crippen LogP contribution in [0.25, 0.3) is 0 Å². The number of nitrogens with zero attached hydrogens (tertiary/aromatic N) is 2. The van der Waals surface area contributed by atoms with Gasteiger partial charge in [0.05, 0.1) is 26.9 Å². The van der Waals surface area contributed by atoms with E-state index in [-0.39, 0.29) is 11.4 Å². The number of amides is 1. The van der Waals surface area contributed by atoms with Crippen molar-refractivity contribution in [2.75, 3.05) is 53.6 Å². The van der Waals surface area contributed by atoms with Crippen LogP contribution in [-0.2, 0) is 16.1 Å². The number of hydrogen-bond donors (Lipinski definition) is 1. The number of aryl methyl sites for hydroxylation is 2. The molecule has 2 aliphatic rings. The van der Waals surface area contributed by atoms with E-state index in [1.807, 2.05) is 7.05 Å². The Morgan fingerprint density at radius 2 is 1.80 bits per heavy atom. The van der Waals surface area contributed by atoms with Crippen LogP contribution in [0.5, 0.6) is 5.75 Å². The Kier molecular flexibility index (Phi) is 8.14. The zero-order chi connectivity index (χ0) is 21.6. The summed E-state index contributed by atoms with van der Waals surface area (Å²) in [5, 5.41) is 3.27. The molecule has 1 saturated heterocycles. The highest BCUT2D eigenvalue weighted by Crippen LogP contribution is 2.34. The molecule has 168 valence electrons. The van der Waals surface area contributed by atoms with Crippen LogP contribution >= 0.6 is 0 Å². The maximum atomic E-state index is 12.7. The topological polar surface area (TPSA) is 54.0 Å². The largest absolute Gasteiger partial charge is 0.496 e. The van der Waals surface area contributed by atoms with Gasteiger partial charge in [-0.2, -0.15) is 0 Å². The van der Waals surface area contributed by atoms with E-state index in [0.717, 1.165) is 56.3 Å². The van der Waals surface area contributed by atoms with E-state index < -0.39 is 0 Å². The van der Waals surface area contributed by atoms with E-state index in [0.29, 0.717) is 6.54 Å². The molecule has 3 rings (SSSR count). The maximum absolute atomic E-state index is 12.7. The first kappa shape index (κ1) is 23.0. The van der Waals surface area contributed by atoms with Gasteiger partial charge in [0.25, 0.3) is 0 Å². The zero-order valence-electron chi connectivity index (χ0n) is 19.3. The van der Waals surface area contributed by atoms with Crippen LogP contribution in [0.15, 0.2) is 12.1 Å². The third-order valence-electron chi connectivity index (χ3n) is 6.67. The zero-order valence-corrected chi connectivity index (χ0v) is 19.3. The molecule has 1 saturated carbocycles. The molecule has 1 heterocycles. The molecule has 0 bridgehead atoms. The average molecular weight is 418 g/mol. The molecule has 0 atom stereocenters. The van der Waals surface area contributed by atoms with Crippen LogP contribution in [0.1, 0.15) is 48.8 Å². The van der Waals surface area contributed by atoms with Gasteiger partial charge in [-0.1, -0.05) is 31.4 Å². The summed E-state index contributed by atoms with van der Waals surface area (Å²) in [4.78, 5) is 17.4. The minimum absolute atomic E-state index is 0.109. The first-order valence-electron chi connectivity index (χ1n) is 11.4. The van der Waals surface area contributed by atoms with E-state index in [1.54, 1.807) is 7.11 Å². The number of likely N-dealkylation sites (N-methyl/N-ethyl adjacent to an activating group) is 1. The molecule has 1 aromatic carbocycles. The van der Waals surface area contributed by atoms with Crippen molar-refractivity contribution in [2.45, 2.75) is 58.0 Å². The molecule has 2 fully saturated rings. The third-order valence-corrected chi connectivity index (χ3v) is 6.67. The van der Waals surface area contributed by atoms with Crippen LogP contribution in [0.3, 0.4) is 0 Å². The quantitative estimate of drug-likeness (QED) is 0.705. The number of carbonyl (C=O) groups is 1. The van der Waals surface area contributed by atoms with Gasteiger partial charge in [0.1, 0.15) is 5.75 Å². The van der Waals surface area contributed by atoms with Gasteiger partial charge >= 0.3 is 0 Å². The Balaban J connectivity index is 1.54. The van der Waals surface area contributed by atoms with E-state index in [1.165, 1.54) is 37.7 Å². The SMILES string of the molecule is COc1c(C)cc(CN(C)CC(=O)NCC2(N3CCOCC3)CCCCC2)cc1C. The van der Waals surface area contributed by atoms with Crippen LogP contribution in [0, 0.1) is 13.8 Å². The smallest absolute Gasteiger partial charge is 0.234 e. The van der Waals surface area contributed by atoms with Gasteiger partial charge in [0.15, 0.2) is 0 Å². The Hall–Kier alpha value is -1.63. The summed E-state index contributed by atoms with van der Waals surface area (Å²) < 4.78 is 11.0. The van der Waals surface area contributed by atoms with E-state index in [2.05, 4.69) is 41.1 Å². The van der Waals surface area contributed by atoms with Gasteiger partial charge in [-0.3, -0.25) is 14.6 Å². The lowest BCUT2D eigenvalue weighted by Gasteiger charge is -2.48. The van der Waals surface area contributed by atoms with Crippen molar-refractivity contribution in [3.63, 3.8) is 0 Å². The molecular weight excluding hydrogens is 378 g/mol. The molecule has 0 spiro atoms. The summed E-state index contributed by atoms with van der Waals surface area (Å²) in [6.45, 7) is 9.60. The van der Waals surface area contributed by atoms with Crippen LogP contribution < -0.4 is 10.1 Å². The molecule has 1 amide bonds. The second-order valence-corrected chi connectivity index (χ2v) is 9.10. The van der Waals surface area contributed by atoms with Crippen molar-refractivity contribution in [1.29, 1.82) is 0 Å². The lowest BCUT2D eigenvalue weighted by Crippen LogP contribution is -2.60. The number of nitrogens with one attached hydrogen (secondary N) is 1. The molecule has 1 aliphatic carbocycles. The Bertz CT molecular complexity index is 687. The van der Waals surface area contributed by atoms with Gasteiger partial charge in [-0.25, -0.2) is 0 Å². The molecule has 0 unspecified atom stereocenters. The normalized spacial score (nSPS) is 19.6. The molecule has 1 N–H and O–H groups in total. The van der Waals surface area contributed by atoms with Gasteiger partial charge in [0, 0.05) is 31.7 Å². The third kappa shape index (κ3) is 5.74. The van der Waals surface area contributed by atoms with Crippen molar-refractivity contribution in [2.24, 2.45) is 0 Å². The highest BCUT2D eigenvalue weighted by Gasteiger charge is 2.38. The van der Waals surface area contributed by atoms with Gasteiger partial charge in [0.2, 0.25) is 5.91 Å². The van der Waals surface area contributed by atoms with Crippen molar-refractivity contribution < 1.29 is 14.3 Å². The Morgan fingerprint density at radius 1 is 1.17 bits per heavy atom. The molecule has 0 aromatic heterocycles. The fourth-order valence-electron chi connectivity index (χ4n) is 5.24. The summed E-state index contributed by atoms with van der Waals surface area (Å²) in [5.41, 5.74) is 3.59. The Morgan fingerprint density at radius 3 is 2.40 bits per heavy atom. The molecule has 6 nitrogen and oxygen atoms in total. The second-order valence-electron chi connectivity index (χ2n) is 9.10. The molecule has 30 heavy (non-hydrogen) atoms. The number of rotatable bonds is 8. The molecule has 1 aliphatic heterocycles. The molecule has 6 heteroatoms. The van der Waals surface area contributed by atoms with Crippen LogP contribution in [0.2, 0.25) is 0 Å². The van der Waals surface area contributed by atoms with Crippen LogP contribution in [-0.4, -0.2) is 74.8 Å². The van der Waals surface area contributed by atoms with Crippen LogP contribution in [0.4, 0.5) is 0 Å². The first-order chi connectivity index (χ1) is 14.4. The highest BCUT2D eigenvalue weighted by molar-refractivity contribution is 5.78. The molecular formula is C24H39N3O3. The lowest BCUT2D eigenvalue weighted by molar-refractivity contribution is -0.123. The summed E-state index contributed by atoms with van der Waals surface area (Å²) in [6, 6.07) is 4.30. The van der Waals surface area contributed by atoms with E-state index in [9.17, 15) is 4.79 Å². The van der Waals surface area contributed by atoms with Crippen molar-refractivity contribution >= 4 is 5.91 Å². The van der Waals surface area contributed by atoms with E-state index in [4.69, 9.17) is 9.47 Å². The summed E-state index contributed by atoms with van der Waals surface area (Å²) in [6.07, 6.45) is 6.16. The minimum Gasteiger partial charge on any atom is -0.496 e. The second kappa shape index (κ2) is 10.6. The number of ether oxygens (including phenoxy) is 2. The van der Waals surface area contributed by atoms with Crippen molar-refractivity contribution in [1.82, 2.24) is 15.1 Å². The predicted octanol–water partition coefficient (Wildman–Crippen LogP) is 2.90. The summed E-state index contributed by atoms with van der Waals surface area (Å²) in [5.74, 6) is 1.05.